The predicted molar refractivity (Wildman–Crippen MR) is 129 cm³/mol. The topological polar surface area (TPSA) is 70.4 Å². The lowest BCUT2D eigenvalue weighted by molar-refractivity contribution is -0.144. The Kier molecular flexibility index (Phi) is 7.33. The number of hydrogen-bond acceptors (Lipinski definition) is 7. The molecule has 0 amide bonds. The molecule has 170 valence electrons. The van der Waals surface area contributed by atoms with Gasteiger partial charge in [-0.2, -0.15) is 0 Å². The summed E-state index contributed by atoms with van der Waals surface area (Å²) in [5, 5.41) is 0.734. The highest BCUT2D eigenvalue weighted by molar-refractivity contribution is 8.00. The third-order valence-electron chi connectivity index (χ3n) is 5.60. The number of hydrogen-bond donors (Lipinski definition) is 0. The largest absolute Gasteiger partial charge is 0.462 e. The molecule has 0 saturated carbocycles. The average Bonchev–Trinajstić information content (AvgIpc) is 3.14. The highest BCUT2D eigenvalue weighted by Gasteiger charge is 2.27. The van der Waals surface area contributed by atoms with Crippen LogP contribution >= 0.6 is 23.1 Å². The molecule has 2 heterocycles. The Bertz CT molecular complexity index is 1160. The SMILES string of the molecule is CCOCCOC(=O)C(C)Sc1nc2sc3c(c2c(=O)n1-c1ccccc1)CCC(C)C3. The van der Waals surface area contributed by atoms with Gasteiger partial charge in [0.2, 0.25) is 0 Å². The molecule has 2 aromatic heterocycles. The van der Waals surface area contributed by atoms with Gasteiger partial charge in [-0.15, -0.1) is 11.3 Å². The van der Waals surface area contributed by atoms with Crippen molar-refractivity contribution >= 4 is 39.3 Å². The summed E-state index contributed by atoms with van der Waals surface area (Å²) in [5.74, 6) is 0.273. The van der Waals surface area contributed by atoms with Gasteiger partial charge in [0.15, 0.2) is 5.16 Å². The highest BCUT2D eigenvalue weighted by atomic mass is 32.2. The van der Waals surface area contributed by atoms with Crippen molar-refractivity contribution in [2.24, 2.45) is 5.92 Å². The second-order valence-corrected chi connectivity index (χ2v) is 10.4. The van der Waals surface area contributed by atoms with Crippen molar-refractivity contribution in [3.63, 3.8) is 0 Å². The Morgan fingerprint density at radius 3 is 2.84 bits per heavy atom. The maximum Gasteiger partial charge on any atom is 0.319 e. The molecule has 3 aromatic rings. The van der Waals surface area contributed by atoms with Gasteiger partial charge < -0.3 is 9.47 Å². The van der Waals surface area contributed by atoms with E-state index in [-0.39, 0.29) is 18.1 Å². The lowest BCUT2D eigenvalue weighted by Crippen LogP contribution is -2.25. The number of carbonyl (C=O) groups excluding carboxylic acids is 1. The standard InChI is InChI=1S/C24H28N2O4S2/c1-4-29-12-13-30-23(28)16(3)31-24-25-21-20(18-11-10-15(2)14-19(18)32-21)22(27)26(24)17-8-6-5-7-9-17/h5-9,15-16H,4,10-14H2,1-3H3. The van der Waals surface area contributed by atoms with Gasteiger partial charge >= 0.3 is 5.97 Å². The molecule has 0 aliphatic heterocycles. The van der Waals surface area contributed by atoms with Gasteiger partial charge in [0, 0.05) is 11.5 Å². The van der Waals surface area contributed by atoms with E-state index in [4.69, 9.17) is 14.5 Å². The molecule has 0 radical (unpaired) electrons. The highest BCUT2D eigenvalue weighted by Crippen LogP contribution is 2.37. The molecule has 2 unspecified atom stereocenters. The zero-order chi connectivity index (χ0) is 22.7. The minimum Gasteiger partial charge on any atom is -0.462 e. The number of esters is 1. The molecule has 0 N–H and O–H groups in total. The van der Waals surface area contributed by atoms with Gasteiger partial charge in [0.05, 0.1) is 17.7 Å². The van der Waals surface area contributed by atoms with Gasteiger partial charge in [0.1, 0.15) is 16.7 Å². The number of carbonyl (C=O) groups is 1. The van der Waals surface area contributed by atoms with Gasteiger partial charge in [-0.05, 0) is 56.7 Å². The zero-order valence-corrected chi connectivity index (χ0v) is 20.3. The van der Waals surface area contributed by atoms with Crippen LogP contribution in [0.1, 0.15) is 37.6 Å². The maximum atomic E-state index is 13.7. The third kappa shape index (κ3) is 4.77. The summed E-state index contributed by atoms with van der Waals surface area (Å²) in [4.78, 5) is 33.2. The number of thiophene rings is 1. The summed E-state index contributed by atoms with van der Waals surface area (Å²) in [6.45, 7) is 7.10. The molecule has 4 rings (SSSR count). The molecule has 0 spiro atoms. The van der Waals surface area contributed by atoms with Crippen LogP contribution < -0.4 is 5.56 Å². The lowest BCUT2D eigenvalue weighted by atomic mass is 9.89. The summed E-state index contributed by atoms with van der Waals surface area (Å²) < 4.78 is 12.2. The molecule has 8 heteroatoms. The van der Waals surface area contributed by atoms with Gasteiger partial charge in [-0.25, -0.2) is 4.98 Å². The molecular formula is C24H28N2O4S2. The molecule has 1 aromatic carbocycles. The first-order chi connectivity index (χ1) is 15.5. The lowest BCUT2D eigenvalue weighted by Gasteiger charge is -2.18. The van der Waals surface area contributed by atoms with Gasteiger partial charge in [0.25, 0.3) is 5.56 Å². The summed E-state index contributed by atoms with van der Waals surface area (Å²) in [7, 11) is 0. The van der Waals surface area contributed by atoms with E-state index >= 15 is 0 Å². The number of aryl methyl sites for hydroxylation is 1. The quantitative estimate of drug-likeness (QED) is 0.206. The summed E-state index contributed by atoms with van der Waals surface area (Å²) in [6, 6.07) is 9.50. The molecule has 2 atom stereocenters. The molecule has 0 bridgehead atoms. The molecule has 1 aliphatic rings. The van der Waals surface area contributed by atoms with Gasteiger partial charge in [-0.1, -0.05) is 36.9 Å². The van der Waals surface area contributed by atoms with E-state index in [2.05, 4.69) is 6.92 Å². The van der Waals surface area contributed by atoms with E-state index in [0.29, 0.717) is 24.3 Å². The van der Waals surface area contributed by atoms with E-state index in [1.165, 1.54) is 16.6 Å². The predicted octanol–water partition coefficient (Wildman–Crippen LogP) is 4.63. The Balaban J connectivity index is 1.72. The monoisotopic (exact) mass is 472 g/mol. The van der Waals surface area contributed by atoms with Crippen LogP contribution in [0, 0.1) is 5.92 Å². The molecule has 0 saturated heterocycles. The first-order valence-electron chi connectivity index (χ1n) is 11.0. The van der Waals surface area contributed by atoms with E-state index in [0.717, 1.165) is 40.7 Å². The number of thioether (sulfide) groups is 1. The van der Waals surface area contributed by atoms with Crippen molar-refractivity contribution in [3.05, 3.63) is 51.1 Å². The van der Waals surface area contributed by atoms with E-state index in [1.54, 1.807) is 22.8 Å². The van der Waals surface area contributed by atoms with Crippen LogP contribution in [0.25, 0.3) is 15.9 Å². The first-order valence-corrected chi connectivity index (χ1v) is 12.7. The Hall–Kier alpha value is -2.16. The Morgan fingerprint density at radius 2 is 2.09 bits per heavy atom. The zero-order valence-electron chi connectivity index (χ0n) is 18.6. The second-order valence-electron chi connectivity index (χ2n) is 8.03. The Morgan fingerprint density at radius 1 is 1.31 bits per heavy atom. The van der Waals surface area contributed by atoms with E-state index in [9.17, 15) is 9.59 Å². The van der Waals surface area contributed by atoms with Crippen LogP contribution in [0.15, 0.2) is 40.3 Å². The van der Waals surface area contributed by atoms with Crippen molar-refractivity contribution in [1.29, 1.82) is 0 Å². The van der Waals surface area contributed by atoms with Gasteiger partial charge in [-0.3, -0.25) is 14.2 Å². The van der Waals surface area contributed by atoms with Crippen LogP contribution in [-0.2, 0) is 27.1 Å². The normalized spacial score (nSPS) is 16.7. The summed E-state index contributed by atoms with van der Waals surface area (Å²) >= 11 is 2.88. The van der Waals surface area contributed by atoms with Crippen LogP contribution in [0.4, 0.5) is 0 Å². The van der Waals surface area contributed by atoms with Crippen molar-refractivity contribution in [3.8, 4) is 5.69 Å². The number of ether oxygens (including phenoxy) is 2. The van der Waals surface area contributed by atoms with Crippen LogP contribution in [0.3, 0.4) is 0 Å². The van der Waals surface area contributed by atoms with Crippen LogP contribution in [0.2, 0.25) is 0 Å². The fourth-order valence-corrected chi connectivity index (χ4v) is 6.27. The first kappa shape index (κ1) is 23.0. The molecule has 0 fully saturated rings. The number of para-hydroxylation sites is 1. The summed E-state index contributed by atoms with van der Waals surface area (Å²) in [6.07, 6.45) is 2.99. The smallest absolute Gasteiger partial charge is 0.319 e. The molecular weight excluding hydrogens is 444 g/mol. The number of rotatable bonds is 8. The number of nitrogens with zero attached hydrogens (tertiary/aromatic N) is 2. The van der Waals surface area contributed by atoms with E-state index < -0.39 is 5.25 Å². The third-order valence-corrected chi connectivity index (χ3v) is 7.78. The molecule has 6 nitrogen and oxygen atoms in total. The minimum absolute atomic E-state index is 0.0623. The van der Waals surface area contributed by atoms with Crippen molar-refractivity contribution in [1.82, 2.24) is 9.55 Å². The number of aromatic nitrogens is 2. The van der Waals surface area contributed by atoms with E-state index in [1.807, 2.05) is 37.3 Å². The van der Waals surface area contributed by atoms with Crippen molar-refractivity contribution < 1.29 is 14.3 Å². The minimum atomic E-state index is -0.509. The fourth-order valence-electron chi connectivity index (χ4n) is 3.92. The van der Waals surface area contributed by atoms with Crippen LogP contribution in [0.5, 0.6) is 0 Å². The van der Waals surface area contributed by atoms with Crippen LogP contribution in [-0.4, -0.2) is 40.6 Å². The average molecular weight is 473 g/mol. The number of fused-ring (bicyclic) bond motifs is 3. The molecule has 32 heavy (non-hydrogen) atoms. The maximum absolute atomic E-state index is 13.7. The van der Waals surface area contributed by atoms with Crippen molar-refractivity contribution in [2.75, 3.05) is 19.8 Å². The Labute approximate surface area is 196 Å². The van der Waals surface area contributed by atoms with Crippen molar-refractivity contribution in [2.45, 2.75) is 50.4 Å². The fraction of sp³-hybridized carbons (Fsp3) is 0.458. The second kappa shape index (κ2) is 10.2. The molecule has 1 aliphatic carbocycles. The summed E-state index contributed by atoms with van der Waals surface area (Å²) in [5.41, 5.74) is 1.84. The number of benzene rings is 1.